The van der Waals surface area contributed by atoms with E-state index in [0.717, 1.165) is 23.5 Å². The fourth-order valence-corrected chi connectivity index (χ4v) is 7.90. The molecule has 0 saturated heterocycles. The zero-order chi connectivity index (χ0) is 19.8. The molecule has 150 valence electrons. The number of fused-ring (bicyclic) bond motifs is 3. The van der Waals surface area contributed by atoms with Crippen LogP contribution in [0.2, 0.25) is 0 Å². The van der Waals surface area contributed by atoms with Crippen LogP contribution < -0.4 is 4.74 Å². The summed E-state index contributed by atoms with van der Waals surface area (Å²) in [5.41, 5.74) is 2.40. The number of benzene rings is 3. The molecule has 1 heterocycles. The molecule has 0 radical (unpaired) electrons. The Balaban J connectivity index is 1.46. The van der Waals surface area contributed by atoms with Crippen molar-refractivity contribution in [3.8, 4) is 5.75 Å². The Morgan fingerprint density at radius 2 is 1.37 bits per heavy atom. The molecule has 0 N–H and O–H groups in total. The Kier molecular flexibility index (Phi) is 3.44. The molecule has 4 saturated carbocycles. The van der Waals surface area contributed by atoms with Gasteiger partial charge in [0.05, 0.1) is 0 Å². The summed E-state index contributed by atoms with van der Waals surface area (Å²) in [5.74, 6) is 3.75. The molecule has 0 aromatic heterocycles. The van der Waals surface area contributed by atoms with Gasteiger partial charge in [-0.25, -0.2) is 0 Å². The molecule has 0 spiro atoms. The van der Waals surface area contributed by atoms with Gasteiger partial charge in [0.15, 0.2) is 5.60 Å². The Morgan fingerprint density at radius 1 is 0.700 bits per heavy atom. The second-order valence-corrected chi connectivity index (χ2v) is 10.4. The van der Waals surface area contributed by atoms with Gasteiger partial charge in [0.2, 0.25) is 0 Å². The van der Waals surface area contributed by atoms with Crippen LogP contribution in [0.25, 0.3) is 16.8 Å². The number of hydrogen-bond acceptors (Lipinski definition) is 1. The summed E-state index contributed by atoms with van der Waals surface area (Å²) < 4.78 is 7.32. The van der Waals surface area contributed by atoms with Crippen LogP contribution in [0.5, 0.6) is 5.75 Å². The molecule has 5 aliphatic rings. The Bertz CT molecular complexity index is 1120. The molecule has 3 aromatic carbocycles. The first kappa shape index (κ1) is 17.2. The second-order valence-electron chi connectivity index (χ2n) is 10.4. The highest BCUT2D eigenvalue weighted by Crippen LogP contribution is 2.67. The summed E-state index contributed by atoms with van der Waals surface area (Å²) in [4.78, 5) is 0. The Labute approximate surface area is 178 Å². The number of hydrogen-bond donors (Lipinski definition) is 0. The van der Waals surface area contributed by atoms with E-state index in [1.807, 2.05) is 0 Å². The topological polar surface area (TPSA) is 9.23 Å². The maximum absolute atomic E-state index is 7.32. The lowest BCUT2D eigenvalue weighted by Crippen LogP contribution is -2.58. The summed E-state index contributed by atoms with van der Waals surface area (Å²) in [6, 6.07) is 24.3. The van der Waals surface area contributed by atoms with Crippen LogP contribution in [-0.2, 0) is 5.60 Å². The van der Waals surface area contributed by atoms with Gasteiger partial charge in [-0.05, 0) is 73.3 Å². The van der Waals surface area contributed by atoms with Crippen LogP contribution in [0.15, 0.2) is 72.8 Å². The average Bonchev–Trinajstić information content (AvgIpc) is 2.78. The third-order valence-corrected chi connectivity index (χ3v) is 8.70. The lowest BCUT2D eigenvalue weighted by atomic mass is 9.44. The summed E-state index contributed by atoms with van der Waals surface area (Å²) in [7, 11) is 0. The average molecular weight is 393 g/mol. The molecular formula is C29H28O. The van der Waals surface area contributed by atoms with Crippen LogP contribution in [0.4, 0.5) is 0 Å². The quantitative estimate of drug-likeness (QED) is 0.443. The van der Waals surface area contributed by atoms with E-state index in [9.17, 15) is 0 Å². The van der Waals surface area contributed by atoms with Gasteiger partial charge in [0.25, 0.3) is 0 Å². The Morgan fingerprint density at radius 3 is 2.10 bits per heavy atom. The third kappa shape index (κ3) is 2.24. The Hall–Kier alpha value is -2.54. The van der Waals surface area contributed by atoms with E-state index in [2.05, 4.69) is 78.9 Å². The highest BCUT2D eigenvalue weighted by Gasteiger charge is 2.62. The predicted molar refractivity (Wildman–Crippen MR) is 122 cm³/mol. The van der Waals surface area contributed by atoms with E-state index >= 15 is 0 Å². The van der Waals surface area contributed by atoms with Crippen LogP contribution in [-0.4, -0.2) is 0 Å². The van der Waals surface area contributed by atoms with Gasteiger partial charge in [-0.2, -0.15) is 0 Å². The first-order valence-corrected chi connectivity index (χ1v) is 11.7. The van der Waals surface area contributed by atoms with Gasteiger partial charge in [0.1, 0.15) is 5.75 Å². The molecule has 1 unspecified atom stereocenters. The van der Waals surface area contributed by atoms with Gasteiger partial charge in [-0.3, -0.25) is 0 Å². The molecule has 1 heteroatoms. The molecule has 4 aliphatic carbocycles. The van der Waals surface area contributed by atoms with Gasteiger partial charge in [-0.15, -0.1) is 0 Å². The zero-order valence-electron chi connectivity index (χ0n) is 17.4. The van der Waals surface area contributed by atoms with Crippen molar-refractivity contribution in [1.82, 2.24) is 0 Å². The van der Waals surface area contributed by atoms with E-state index in [1.54, 1.807) is 0 Å². The highest BCUT2D eigenvalue weighted by atomic mass is 16.5. The largest absolute Gasteiger partial charge is 0.477 e. The molecular weight excluding hydrogens is 364 g/mol. The van der Waals surface area contributed by atoms with Gasteiger partial charge < -0.3 is 4.74 Å². The molecule has 3 aromatic rings. The van der Waals surface area contributed by atoms with E-state index < -0.39 is 0 Å². The lowest BCUT2D eigenvalue weighted by molar-refractivity contribution is -0.149. The molecule has 4 bridgehead atoms. The van der Waals surface area contributed by atoms with E-state index in [-0.39, 0.29) is 11.0 Å². The minimum Gasteiger partial charge on any atom is -0.477 e. The molecule has 4 fully saturated rings. The van der Waals surface area contributed by atoms with Crippen molar-refractivity contribution >= 4 is 16.8 Å². The predicted octanol–water partition coefficient (Wildman–Crippen LogP) is 7.36. The standard InChI is InChI=1S/C29H28O/c1-2-7-25(8-3-1)29(28-17-20-14-21(18-28)16-22(15-20)19-28)13-12-24-11-10-23-6-4-5-9-26(23)27(24)30-29/h1-13,20-22H,14-19H2. The van der Waals surface area contributed by atoms with Crippen molar-refractivity contribution < 1.29 is 4.74 Å². The lowest BCUT2D eigenvalue weighted by Gasteiger charge is -2.63. The number of rotatable bonds is 2. The normalized spacial score (nSPS) is 35.9. The van der Waals surface area contributed by atoms with Crippen molar-refractivity contribution in [3.63, 3.8) is 0 Å². The fraction of sp³-hybridized carbons (Fsp3) is 0.379. The molecule has 1 atom stereocenters. The maximum atomic E-state index is 7.32. The van der Waals surface area contributed by atoms with Crippen LogP contribution in [0.1, 0.15) is 49.7 Å². The molecule has 1 nitrogen and oxygen atoms in total. The van der Waals surface area contributed by atoms with Gasteiger partial charge >= 0.3 is 0 Å². The highest BCUT2D eigenvalue weighted by molar-refractivity contribution is 5.92. The molecule has 30 heavy (non-hydrogen) atoms. The fourth-order valence-electron chi connectivity index (χ4n) is 7.90. The van der Waals surface area contributed by atoms with Gasteiger partial charge in [-0.1, -0.05) is 72.8 Å². The second kappa shape index (κ2) is 6.00. The van der Waals surface area contributed by atoms with Crippen molar-refractivity contribution in [3.05, 3.63) is 83.9 Å². The third-order valence-electron chi connectivity index (χ3n) is 8.70. The van der Waals surface area contributed by atoms with Gasteiger partial charge in [0, 0.05) is 16.4 Å². The molecule has 0 amide bonds. The minimum atomic E-state index is -0.360. The van der Waals surface area contributed by atoms with Crippen molar-refractivity contribution in [2.75, 3.05) is 0 Å². The van der Waals surface area contributed by atoms with Crippen molar-refractivity contribution in [2.24, 2.45) is 23.2 Å². The van der Waals surface area contributed by atoms with E-state index in [4.69, 9.17) is 4.74 Å². The van der Waals surface area contributed by atoms with E-state index in [0.29, 0.717) is 0 Å². The zero-order valence-corrected chi connectivity index (χ0v) is 17.4. The molecule has 8 rings (SSSR count). The van der Waals surface area contributed by atoms with Crippen molar-refractivity contribution in [1.29, 1.82) is 0 Å². The smallest absolute Gasteiger partial charge is 0.158 e. The van der Waals surface area contributed by atoms with Crippen LogP contribution in [0.3, 0.4) is 0 Å². The minimum absolute atomic E-state index is 0.217. The van der Waals surface area contributed by atoms with Crippen molar-refractivity contribution in [2.45, 2.75) is 44.1 Å². The van der Waals surface area contributed by atoms with Crippen LogP contribution >= 0.6 is 0 Å². The first-order valence-electron chi connectivity index (χ1n) is 11.7. The molecule has 1 aliphatic heterocycles. The summed E-state index contributed by atoms with van der Waals surface area (Å²) >= 11 is 0. The SMILES string of the molecule is C1=CC(c2ccccc2)(C23CC4CC(CC(C4)C2)C3)Oc2c1ccc1ccccc21. The monoisotopic (exact) mass is 392 g/mol. The maximum Gasteiger partial charge on any atom is 0.158 e. The summed E-state index contributed by atoms with van der Waals surface area (Å²) in [6.07, 6.45) is 13.1. The summed E-state index contributed by atoms with van der Waals surface area (Å²) in [5, 5.41) is 2.50. The number of ether oxygens (including phenoxy) is 1. The summed E-state index contributed by atoms with van der Waals surface area (Å²) in [6.45, 7) is 0. The van der Waals surface area contributed by atoms with E-state index in [1.165, 1.54) is 60.4 Å². The van der Waals surface area contributed by atoms with Crippen LogP contribution in [0, 0.1) is 23.2 Å². The first-order chi connectivity index (χ1) is 14.7.